The zero-order valence-corrected chi connectivity index (χ0v) is 17.6. The lowest BCUT2D eigenvalue weighted by atomic mass is 9.87. The number of urea groups is 1. The number of anilines is 1. The summed E-state index contributed by atoms with van der Waals surface area (Å²) in [5.41, 5.74) is 2.38. The van der Waals surface area contributed by atoms with Crippen molar-refractivity contribution in [2.24, 2.45) is 0 Å². The van der Waals surface area contributed by atoms with Gasteiger partial charge in [-0.25, -0.2) is 14.6 Å². The van der Waals surface area contributed by atoms with E-state index >= 15 is 0 Å². The largest absolute Gasteiger partial charge is 0.461 e. The minimum absolute atomic E-state index is 0.0735. The lowest BCUT2D eigenvalue weighted by Crippen LogP contribution is -2.34. The molecular weight excluding hydrogens is 374 g/mol. The summed E-state index contributed by atoms with van der Waals surface area (Å²) in [4.78, 5) is 30.9. The first-order valence-electron chi connectivity index (χ1n) is 9.60. The molecule has 150 valence electrons. The fourth-order valence-corrected chi connectivity index (χ4v) is 4.19. The average molecular weight is 402 g/mol. The maximum absolute atomic E-state index is 12.8. The van der Waals surface area contributed by atoms with Gasteiger partial charge < -0.3 is 15.0 Å². The van der Waals surface area contributed by atoms with Crippen LogP contribution in [0.25, 0.3) is 0 Å². The lowest BCUT2D eigenvalue weighted by Gasteiger charge is -2.24. The zero-order valence-electron chi connectivity index (χ0n) is 16.8. The monoisotopic (exact) mass is 401 g/mol. The molecule has 1 aromatic heterocycles. The fraction of sp³-hybridized carbons (Fsp3) is 0.476. The SMILES string of the molecule is CCOC(=O)c1csc(C2CCCN2C(=O)Nc2ccc(C(C)(C)C)cc2)n1. The van der Waals surface area contributed by atoms with Crippen molar-refractivity contribution >= 4 is 29.0 Å². The Bertz CT molecular complexity index is 839. The molecule has 1 aliphatic rings. The number of aromatic nitrogens is 1. The predicted octanol–water partition coefficient (Wildman–Crippen LogP) is 4.99. The van der Waals surface area contributed by atoms with Crippen LogP contribution in [0.1, 0.15) is 67.6 Å². The molecule has 28 heavy (non-hydrogen) atoms. The van der Waals surface area contributed by atoms with Crippen LogP contribution in [-0.4, -0.2) is 35.0 Å². The van der Waals surface area contributed by atoms with Gasteiger partial charge in [-0.3, -0.25) is 0 Å². The first-order valence-corrected chi connectivity index (χ1v) is 10.5. The number of nitrogens with one attached hydrogen (secondary N) is 1. The van der Waals surface area contributed by atoms with Gasteiger partial charge in [0, 0.05) is 17.6 Å². The number of amides is 2. The smallest absolute Gasteiger partial charge is 0.357 e. The van der Waals surface area contributed by atoms with Crippen molar-refractivity contribution in [2.45, 2.75) is 52.0 Å². The summed E-state index contributed by atoms with van der Waals surface area (Å²) >= 11 is 1.40. The Morgan fingerprint density at radius 1 is 1.29 bits per heavy atom. The van der Waals surface area contributed by atoms with E-state index in [2.05, 4.69) is 31.1 Å². The van der Waals surface area contributed by atoms with Crippen molar-refractivity contribution in [3.63, 3.8) is 0 Å². The summed E-state index contributed by atoms with van der Waals surface area (Å²) in [6, 6.07) is 7.71. The molecule has 0 saturated carbocycles. The molecule has 2 amide bonds. The third-order valence-electron chi connectivity index (χ3n) is 4.81. The summed E-state index contributed by atoms with van der Waals surface area (Å²) in [5.74, 6) is -0.419. The number of likely N-dealkylation sites (tertiary alicyclic amines) is 1. The van der Waals surface area contributed by atoms with Gasteiger partial charge in [-0.2, -0.15) is 0 Å². The van der Waals surface area contributed by atoms with Gasteiger partial charge in [0.1, 0.15) is 5.01 Å². The van der Waals surface area contributed by atoms with Crippen LogP contribution in [0.15, 0.2) is 29.6 Å². The normalized spacial score (nSPS) is 16.9. The number of carbonyl (C=O) groups excluding carboxylic acids is 2. The Balaban J connectivity index is 1.69. The minimum Gasteiger partial charge on any atom is -0.461 e. The van der Waals surface area contributed by atoms with E-state index < -0.39 is 5.97 Å². The molecule has 2 aromatic rings. The molecule has 3 rings (SSSR count). The van der Waals surface area contributed by atoms with Gasteiger partial charge in [-0.05, 0) is 42.9 Å². The number of carbonyl (C=O) groups is 2. The van der Waals surface area contributed by atoms with Crippen molar-refractivity contribution in [2.75, 3.05) is 18.5 Å². The van der Waals surface area contributed by atoms with E-state index in [-0.39, 0.29) is 17.5 Å². The first-order chi connectivity index (χ1) is 13.3. The van der Waals surface area contributed by atoms with Crippen LogP contribution < -0.4 is 5.32 Å². The van der Waals surface area contributed by atoms with Crippen LogP contribution in [0, 0.1) is 0 Å². The third-order valence-corrected chi connectivity index (χ3v) is 5.75. The van der Waals surface area contributed by atoms with Crippen LogP contribution in [0.2, 0.25) is 0 Å². The Morgan fingerprint density at radius 2 is 2.00 bits per heavy atom. The Labute approximate surface area is 169 Å². The number of benzene rings is 1. The molecule has 1 atom stereocenters. The highest BCUT2D eigenvalue weighted by Gasteiger charge is 2.32. The molecule has 0 radical (unpaired) electrons. The molecule has 0 bridgehead atoms. The van der Waals surface area contributed by atoms with E-state index in [9.17, 15) is 9.59 Å². The number of esters is 1. The number of hydrogen-bond donors (Lipinski definition) is 1. The van der Waals surface area contributed by atoms with E-state index in [1.54, 1.807) is 17.2 Å². The molecule has 6 nitrogen and oxygen atoms in total. The van der Waals surface area contributed by atoms with E-state index in [4.69, 9.17) is 4.74 Å². The second-order valence-corrected chi connectivity index (χ2v) is 8.79. The highest BCUT2D eigenvalue weighted by molar-refractivity contribution is 7.09. The van der Waals surface area contributed by atoms with Crippen LogP contribution in [0.3, 0.4) is 0 Å². The van der Waals surface area contributed by atoms with E-state index in [0.717, 1.165) is 23.5 Å². The topological polar surface area (TPSA) is 71.5 Å². The highest BCUT2D eigenvalue weighted by atomic mass is 32.1. The van der Waals surface area contributed by atoms with E-state index in [0.29, 0.717) is 18.8 Å². The van der Waals surface area contributed by atoms with Gasteiger partial charge in [0.2, 0.25) is 0 Å². The number of ether oxygens (including phenoxy) is 1. The van der Waals surface area contributed by atoms with Crippen molar-refractivity contribution in [3.8, 4) is 0 Å². The molecule has 1 aromatic carbocycles. The second-order valence-electron chi connectivity index (χ2n) is 7.90. The van der Waals surface area contributed by atoms with Crippen LogP contribution in [-0.2, 0) is 10.2 Å². The molecule has 2 heterocycles. The number of rotatable bonds is 4. The van der Waals surface area contributed by atoms with Crippen molar-refractivity contribution in [1.82, 2.24) is 9.88 Å². The highest BCUT2D eigenvalue weighted by Crippen LogP contribution is 2.34. The molecule has 1 unspecified atom stereocenters. The van der Waals surface area contributed by atoms with Crippen LogP contribution in [0.5, 0.6) is 0 Å². The summed E-state index contributed by atoms with van der Waals surface area (Å²) in [5, 5.41) is 5.46. The lowest BCUT2D eigenvalue weighted by molar-refractivity contribution is 0.0520. The third kappa shape index (κ3) is 4.52. The number of nitrogens with zero attached hydrogens (tertiary/aromatic N) is 2. The van der Waals surface area contributed by atoms with Gasteiger partial charge in [0.05, 0.1) is 12.6 Å². The second kappa shape index (κ2) is 8.31. The van der Waals surface area contributed by atoms with Crippen LogP contribution >= 0.6 is 11.3 Å². The van der Waals surface area contributed by atoms with Crippen molar-refractivity contribution in [1.29, 1.82) is 0 Å². The fourth-order valence-electron chi connectivity index (χ4n) is 3.25. The standard InChI is InChI=1S/C21H27N3O3S/c1-5-27-19(25)16-13-28-18(23-16)17-7-6-12-24(17)20(26)22-15-10-8-14(9-11-15)21(2,3)4/h8-11,13,17H,5-7,12H2,1-4H3,(H,22,26). The quantitative estimate of drug-likeness (QED) is 0.733. The number of thiazole rings is 1. The first kappa shape index (κ1) is 20.3. The Morgan fingerprint density at radius 3 is 2.64 bits per heavy atom. The molecule has 0 aliphatic carbocycles. The van der Waals surface area contributed by atoms with E-state index in [1.807, 2.05) is 24.3 Å². The molecule has 1 aliphatic heterocycles. The maximum atomic E-state index is 12.8. The summed E-state index contributed by atoms with van der Waals surface area (Å²) in [7, 11) is 0. The zero-order chi connectivity index (χ0) is 20.3. The van der Waals surface area contributed by atoms with Crippen LogP contribution in [0.4, 0.5) is 10.5 Å². The molecule has 1 fully saturated rings. The van der Waals surface area contributed by atoms with Gasteiger partial charge in [-0.1, -0.05) is 32.9 Å². The maximum Gasteiger partial charge on any atom is 0.357 e. The van der Waals surface area contributed by atoms with E-state index in [1.165, 1.54) is 16.9 Å². The minimum atomic E-state index is -0.419. The molecule has 7 heteroatoms. The van der Waals surface area contributed by atoms with Crippen molar-refractivity contribution < 1.29 is 14.3 Å². The molecule has 0 spiro atoms. The molecule has 1 N–H and O–H groups in total. The predicted molar refractivity (Wildman–Crippen MR) is 111 cm³/mol. The van der Waals surface area contributed by atoms with Gasteiger partial charge in [-0.15, -0.1) is 11.3 Å². The Kier molecular flexibility index (Phi) is 6.03. The van der Waals surface area contributed by atoms with Gasteiger partial charge >= 0.3 is 12.0 Å². The average Bonchev–Trinajstić information content (AvgIpc) is 3.31. The number of hydrogen-bond acceptors (Lipinski definition) is 5. The van der Waals surface area contributed by atoms with Gasteiger partial charge in [0.15, 0.2) is 5.69 Å². The summed E-state index contributed by atoms with van der Waals surface area (Å²) < 4.78 is 5.00. The Hall–Kier alpha value is -2.41. The van der Waals surface area contributed by atoms with Crippen molar-refractivity contribution in [3.05, 3.63) is 45.9 Å². The summed E-state index contributed by atoms with van der Waals surface area (Å²) in [6.45, 7) is 9.24. The van der Waals surface area contributed by atoms with Gasteiger partial charge in [0.25, 0.3) is 0 Å². The summed E-state index contributed by atoms with van der Waals surface area (Å²) in [6.07, 6.45) is 1.75. The molecule has 1 saturated heterocycles. The molecular formula is C21H27N3O3S.